The second kappa shape index (κ2) is 4.02. The van der Waals surface area contributed by atoms with Gasteiger partial charge in [0.2, 0.25) is 0 Å². The van der Waals surface area contributed by atoms with E-state index in [1.165, 1.54) is 17.5 Å². The Labute approximate surface area is 89.4 Å². The van der Waals surface area contributed by atoms with E-state index in [9.17, 15) is 4.39 Å². The maximum absolute atomic E-state index is 13.3. The Hall–Kier alpha value is -1.000. The summed E-state index contributed by atoms with van der Waals surface area (Å²) in [5.41, 5.74) is 1.24. The number of hydrogen-bond donors (Lipinski definition) is 0. The van der Waals surface area contributed by atoms with Crippen LogP contribution in [-0.4, -0.2) is 9.97 Å². The van der Waals surface area contributed by atoms with Crippen molar-refractivity contribution >= 4 is 22.9 Å². The van der Waals surface area contributed by atoms with Crippen LogP contribution in [0.5, 0.6) is 0 Å². The van der Waals surface area contributed by atoms with E-state index in [-0.39, 0.29) is 5.82 Å². The van der Waals surface area contributed by atoms with Crippen molar-refractivity contribution in [2.24, 2.45) is 0 Å². The Balaban J connectivity index is 2.44. The minimum Gasteiger partial charge on any atom is -0.262 e. The number of aromatic nitrogens is 2. The molecule has 0 fully saturated rings. The Bertz CT molecular complexity index is 444. The summed E-state index contributed by atoms with van der Waals surface area (Å²) in [6.07, 6.45) is 2.72. The Kier molecular flexibility index (Phi) is 2.74. The molecule has 0 atom stereocenters. The van der Waals surface area contributed by atoms with E-state index in [1.54, 1.807) is 12.3 Å². The number of alkyl halides is 1. The molecule has 0 amide bonds. The summed E-state index contributed by atoms with van der Waals surface area (Å²) >= 11 is 6.98. The molecule has 2 heterocycles. The van der Waals surface area contributed by atoms with Crippen LogP contribution >= 0.6 is 22.9 Å². The van der Waals surface area contributed by atoms with Crippen LogP contribution in [0.25, 0.3) is 10.6 Å². The van der Waals surface area contributed by atoms with Crippen LogP contribution in [-0.2, 0) is 5.88 Å². The first-order valence-electron chi connectivity index (χ1n) is 3.91. The van der Waals surface area contributed by atoms with Crippen molar-refractivity contribution in [3.63, 3.8) is 0 Å². The van der Waals surface area contributed by atoms with Crippen molar-refractivity contribution in [1.29, 1.82) is 0 Å². The molecule has 0 bridgehead atoms. The fourth-order valence-corrected chi connectivity index (χ4v) is 2.12. The standard InChI is InChI=1S/C9H6ClFN2S/c10-3-6-5-14-9(13-6)7-1-2-12-4-8(7)11/h1-2,4-5H,3H2. The lowest BCUT2D eigenvalue weighted by atomic mass is 10.3. The van der Waals surface area contributed by atoms with E-state index < -0.39 is 0 Å². The lowest BCUT2D eigenvalue weighted by molar-refractivity contribution is 0.625. The molecule has 2 rings (SSSR count). The van der Waals surface area contributed by atoms with Crippen LogP contribution < -0.4 is 0 Å². The van der Waals surface area contributed by atoms with Gasteiger partial charge in [-0.05, 0) is 6.07 Å². The first kappa shape index (κ1) is 9.55. The zero-order valence-electron chi connectivity index (χ0n) is 7.08. The zero-order valence-corrected chi connectivity index (χ0v) is 8.65. The topological polar surface area (TPSA) is 25.8 Å². The van der Waals surface area contributed by atoms with E-state index in [0.717, 1.165) is 5.69 Å². The molecule has 2 nitrogen and oxygen atoms in total. The molecule has 0 aliphatic rings. The number of rotatable bonds is 2. The van der Waals surface area contributed by atoms with Crippen molar-refractivity contribution in [3.8, 4) is 10.6 Å². The molecule has 72 valence electrons. The van der Waals surface area contributed by atoms with Crippen LogP contribution in [0.1, 0.15) is 5.69 Å². The normalized spacial score (nSPS) is 10.4. The third-order valence-electron chi connectivity index (χ3n) is 1.69. The molecular formula is C9H6ClFN2S. The molecule has 2 aromatic rings. The van der Waals surface area contributed by atoms with Gasteiger partial charge in [0.05, 0.1) is 17.8 Å². The highest BCUT2D eigenvalue weighted by Gasteiger charge is 2.08. The molecule has 0 spiro atoms. The predicted molar refractivity (Wildman–Crippen MR) is 54.9 cm³/mol. The summed E-state index contributed by atoms with van der Waals surface area (Å²) in [7, 11) is 0. The SMILES string of the molecule is Fc1cnccc1-c1nc(CCl)cs1. The minimum atomic E-state index is -0.358. The summed E-state index contributed by atoms with van der Waals surface area (Å²) in [6, 6.07) is 1.60. The van der Waals surface area contributed by atoms with Crippen LogP contribution in [0.15, 0.2) is 23.8 Å². The second-order valence-electron chi connectivity index (χ2n) is 2.63. The maximum atomic E-state index is 13.3. The second-order valence-corrected chi connectivity index (χ2v) is 3.76. The van der Waals surface area contributed by atoms with Crippen LogP contribution in [0.4, 0.5) is 4.39 Å². The molecule has 0 N–H and O–H groups in total. The first-order chi connectivity index (χ1) is 6.81. The maximum Gasteiger partial charge on any atom is 0.151 e. The monoisotopic (exact) mass is 228 g/mol. The molecule has 0 aromatic carbocycles. The van der Waals surface area contributed by atoms with Gasteiger partial charge >= 0.3 is 0 Å². The molecular weight excluding hydrogens is 223 g/mol. The van der Waals surface area contributed by atoms with Crippen molar-refractivity contribution in [3.05, 3.63) is 35.4 Å². The van der Waals surface area contributed by atoms with Gasteiger partial charge in [0, 0.05) is 17.1 Å². The van der Waals surface area contributed by atoms with Gasteiger partial charge in [-0.15, -0.1) is 22.9 Å². The van der Waals surface area contributed by atoms with Crippen molar-refractivity contribution < 1.29 is 4.39 Å². The number of halogens is 2. The first-order valence-corrected chi connectivity index (χ1v) is 5.33. The fraction of sp³-hybridized carbons (Fsp3) is 0.111. The molecule has 0 saturated carbocycles. The highest BCUT2D eigenvalue weighted by molar-refractivity contribution is 7.13. The zero-order chi connectivity index (χ0) is 9.97. The van der Waals surface area contributed by atoms with Crippen LogP contribution in [0.2, 0.25) is 0 Å². The van der Waals surface area contributed by atoms with Crippen molar-refractivity contribution in [2.45, 2.75) is 5.88 Å². The average Bonchev–Trinajstić information content (AvgIpc) is 2.67. The molecule has 14 heavy (non-hydrogen) atoms. The number of hydrogen-bond acceptors (Lipinski definition) is 3. The van der Waals surface area contributed by atoms with E-state index in [0.29, 0.717) is 16.5 Å². The molecule has 0 unspecified atom stereocenters. The van der Waals surface area contributed by atoms with Gasteiger partial charge < -0.3 is 0 Å². The highest BCUT2D eigenvalue weighted by Crippen LogP contribution is 2.25. The smallest absolute Gasteiger partial charge is 0.151 e. The third kappa shape index (κ3) is 1.76. The third-order valence-corrected chi connectivity index (χ3v) is 2.89. The number of thiazole rings is 1. The van der Waals surface area contributed by atoms with Gasteiger partial charge in [0.1, 0.15) is 5.01 Å². The molecule has 0 aliphatic heterocycles. The summed E-state index contributed by atoms with van der Waals surface area (Å²) in [6.45, 7) is 0. The van der Waals surface area contributed by atoms with E-state index in [1.807, 2.05) is 5.38 Å². The highest BCUT2D eigenvalue weighted by atomic mass is 35.5. The Morgan fingerprint density at radius 1 is 1.50 bits per heavy atom. The van der Waals surface area contributed by atoms with Gasteiger partial charge in [-0.3, -0.25) is 4.98 Å². The summed E-state index contributed by atoms with van der Waals surface area (Å²) in [4.78, 5) is 7.85. The average molecular weight is 229 g/mol. The van der Waals surface area contributed by atoms with Gasteiger partial charge in [-0.25, -0.2) is 9.37 Å². The number of pyridine rings is 1. The van der Waals surface area contributed by atoms with E-state index in [2.05, 4.69) is 9.97 Å². The summed E-state index contributed by atoms with van der Waals surface area (Å²) in [5, 5.41) is 2.46. The van der Waals surface area contributed by atoms with Crippen molar-refractivity contribution in [2.75, 3.05) is 0 Å². The van der Waals surface area contributed by atoms with Gasteiger partial charge in [0.15, 0.2) is 5.82 Å². The van der Waals surface area contributed by atoms with E-state index in [4.69, 9.17) is 11.6 Å². The minimum absolute atomic E-state index is 0.350. The lowest BCUT2D eigenvalue weighted by Crippen LogP contribution is -1.85. The molecule has 0 aliphatic carbocycles. The predicted octanol–water partition coefficient (Wildman–Crippen LogP) is 3.08. The molecule has 0 saturated heterocycles. The Morgan fingerprint density at radius 3 is 3.00 bits per heavy atom. The van der Waals surface area contributed by atoms with Crippen LogP contribution in [0.3, 0.4) is 0 Å². The molecule has 2 aromatic heterocycles. The molecule has 5 heteroatoms. The fourth-order valence-electron chi connectivity index (χ4n) is 1.04. The van der Waals surface area contributed by atoms with Gasteiger partial charge in [-0.2, -0.15) is 0 Å². The van der Waals surface area contributed by atoms with E-state index >= 15 is 0 Å². The van der Waals surface area contributed by atoms with Gasteiger partial charge in [-0.1, -0.05) is 0 Å². The van der Waals surface area contributed by atoms with Crippen LogP contribution in [0, 0.1) is 5.82 Å². The lowest BCUT2D eigenvalue weighted by Gasteiger charge is -1.96. The van der Waals surface area contributed by atoms with Crippen molar-refractivity contribution in [1.82, 2.24) is 9.97 Å². The number of nitrogens with zero attached hydrogens (tertiary/aromatic N) is 2. The molecule has 0 radical (unpaired) electrons. The summed E-state index contributed by atoms with van der Waals surface area (Å²) in [5.74, 6) is -0.00796. The summed E-state index contributed by atoms with van der Waals surface area (Å²) < 4.78 is 13.3. The quantitative estimate of drug-likeness (QED) is 0.739. The Morgan fingerprint density at radius 2 is 2.36 bits per heavy atom. The largest absolute Gasteiger partial charge is 0.262 e. The van der Waals surface area contributed by atoms with Gasteiger partial charge in [0.25, 0.3) is 0 Å².